The first-order chi connectivity index (χ1) is 9.41. The van der Waals surface area contributed by atoms with Gasteiger partial charge in [-0.15, -0.1) is 0 Å². The Morgan fingerprint density at radius 2 is 1.70 bits per heavy atom. The van der Waals surface area contributed by atoms with Crippen LogP contribution in [0.4, 0.5) is 0 Å². The van der Waals surface area contributed by atoms with Gasteiger partial charge in [0.2, 0.25) is 0 Å². The Morgan fingerprint density at radius 3 is 2.25 bits per heavy atom. The highest BCUT2D eigenvalue weighted by molar-refractivity contribution is 7.99. The third-order valence-corrected chi connectivity index (χ3v) is 4.65. The van der Waals surface area contributed by atoms with Crippen molar-refractivity contribution in [3.63, 3.8) is 0 Å². The molecule has 2 aromatic rings. The Bertz CT molecular complexity index is 585. The maximum absolute atomic E-state index is 9.43. The van der Waals surface area contributed by atoms with Crippen LogP contribution in [-0.4, -0.2) is 5.11 Å². The Labute approximate surface area is 130 Å². The van der Waals surface area contributed by atoms with Gasteiger partial charge in [0.05, 0.1) is 6.61 Å². The number of hydrogen-bond acceptors (Lipinski definition) is 2. The van der Waals surface area contributed by atoms with E-state index in [-0.39, 0.29) is 12.0 Å². The molecule has 0 saturated heterocycles. The van der Waals surface area contributed by atoms with Crippen LogP contribution in [0.5, 0.6) is 0 Å². The highest BCUT2D eigenvalue weighted by atomic mass is 35.5. The van der Waals surface area contributed by atoms with E-state index in [1.807, 2.05) is 12.1 Å². The van der Waals surface area contributed by atoms with Crippen LogP contribution in [0.15, 0.2) is 52.3 Å². The molecule has 1 N–H and O–H groups in total. The molecule has 0 aliphatic heterocycles. The van der Waals surface area contributed by atoms with E-state index in [4.69, 9.17) is 11.6 Å². The van der Waals surface area contributed by atoms with E-state index >= 15 is 0 Å². The van der Waals surface area contributed by atoms with Crippen molar-refractivity contribution in [1.82, 2.24) is 0 Å². The van der Waals surface area contributed by atoms with Crippen LogP contribution in [0.1, 0.15) is 31.9 Å². The number of benzene rings is 2. The maximum Gasteiger partial charge on any atom is 0.0707 e. The molecule has 0 amide bonds. The van der Waals surface area contributed by atoms with Gasteiger partial charge in [-0.25, -0.2) is 0 Å². The minimum absolute atomic E-state index is 0.0396. The SMILES string of the molecule is CC(C)(C)c1ccc(Sc2cccc(Cl)c2CO)cc1. The van der Waals surface area contributed by atoms with Crippen molar-refractivity contribution >= 4 is 23.4 Å². The molecule has 106 valence electrons. The van der Waals surface area contributed by atoms with E-state index in [1.54, 1.807) is 17.8 Å². The molecular weight excluding hydrogens is 288 g/mol. The highest BCUT2D eigenvalue weighted by Crippen LogP contribution is 2.34. The Balaban J connectivity index is 2.25. The predicted molar refractivity (Wildman–Crippen MR) is 86.6 cm³/mol. The van der Waals surface area contributed by atoms with Crippen LogP contribution >= 0.6 is 23.4 Å². The van der Waals surface area contributed by atoms with Crippen LogP contribution in [0, 0.1) is 0 Å². The van der Waals surface area contributed by atoms with Crippen LogP contribution in [0.25, 0.3) is 0 Å². The molecule has 20 heavy (non-hydrogen) atoms. The number of aliphatic hydroxyl groups excluding tert-OH is 1. The van der Waals surface area contributed by atoms with Crippen LogP contribution in [-0.2, 0) is 12.0 Å². The van der Waals surface area contributed by atoms with E-state index in [0.717, 1.165) is 15.4 Å². The van der Waals surface area contributed by atoms with Crippen molar-refractivity contribution in [3.05, 3.63) is 58.6 Å². The van der Waals surface area contributed by atoms with Gasteiger partial charge < -0.3 is 5.11 Å². The molecule has 1 nitrogen and oxygen atoms in total. The summed E-state index contributed by atoms with van der Waals surface area (Å²) in [7, 11) is 0. The highest BCUT2D eigenvalue weighted by Gasteiger charge is 2.13. The van der Waals surface area contributed by atoms with Gasteiger partial charge in [0, 0.05) is 20.4 Å². The van der Waals surface area contributed by atoms with Crippen molar-refractivity contribution in [1.29, 1.82) is 0 Å². The number of aliphatic hydroxyl groups is 1. The first kappa shape index (κ1) is 15.4. The molecule has 0 aromatic heterocycles. The Morgan fingerprint density at radius 1 is 1.05 bits per heavy atom. The Kier molecular flexibility index (Phi) is 4.79. The molecule has 0 atom stereocenters. The average Bonchev–Trinajstić information content (AvgIpc) is 2.38. The molecule has 0 aliphatic carbocycles. The quantitative estimate of drug-likeness (QED) is 0.832. The standard InChI is InChI=1S/C17H19ClOS/c1-17(2,3)12-7-9-13(10-8-12)20-16-6-4-5-15(18)14(16)11-19/h4-10,19H,11H2,1-3H3. The summed E-state index contributed by atoms with van der Waals surface area (Å²) >= 11 is 7.74. The summed E-state index contributed by atoms with van der Waals surface area (Å²) in [5.74, 6) is 0. The summed E-state index contributed by atoms with van der Waals surface area (Å²) in [6.07, 6.45) is 0. The van der Waals surface area contributed by atoms with E-state index in [9.17, 15) is 5.11 Å². The van der Waals surface area contributed by atoms with Gasteiger partial charge in [0.1, 0.15) is 0 Å². The van der Waals surface area contributed by atoms with Gasteiger partial charge >= 0.3 is 0 Å². The van der Waals surface area contributed by atoms with E-state index < -0.39 is 0 Å². The van der Waals surface area contributed by atoms with Crippen LogP contribution in [0.2, 0.25) is 5.02 Å². The lowest BCUT2D eigenvalue weighted by Crippen LogP contribution is -2.10. The lowest BCUT2D eigenvalue weighted by molar-refractivity contribution is 0.279. The van der Waals surface area contributed by atoms with Crippen LogP contribution < -0.4 is 0 Å². The monoisotopic (exact) mass is 306 g/mol. The third kappa shape index (κ3) is 3.57. The minimum Gasteiger partial charge on any atom is -0.392 e. The van der Waals surface area contributed by atoms with Gasteiger partial charge in [-0.3, -0.25) is 0 Å². The topological polar surface area (TPSA) is 20.2 Å². The van der Waals surface area contributed by atoms with E-state index in [2.05, 4.69) is 45.0 Å². The zero-order valence-electron chi connectivity index (χ0n) is 12.0. The summed E-state index contributed by atoms with van der Waals surface area (Å²) < 4.78 is 0. The van der Waals surface area contributed by atoms with Crippen LogP contribution in [0.3, 0.4) is 0 Å². The molecule has 0 saturated carbocycles. The van der Waals surface area contributed by atoms with Gasteiger partial charge in [-0.05, 0) is 35.2 Å². The number of halogens is 1. The summed E-state index contributed by atoms with van der Waals surface area (Å²) in [5.41, 5.74) is 2.27. The molecule has 2 rings (SSSR count). The smallest absolute Gasteiger partial charge is 0.0707 e. The zero-order chi connectivity index (χ0) is 14.8. The van der Waals surface area contributed by atoms with Crippen molar-refractivity contribution in [2.45, 2.75) is 42.6 Å². The average molecular weight is 307 g/mol. The summed E-state index contributed by atoms with van der Waals surface area (Å²) in [6, 6.07) is 14.3. The van der Waals surface area contributed by atoms with Gasteiger partial charge in [-0.1, -0.05) is 62.3 Å². The lowest BCUT2D eigenvalue weighted by atomic mass is 9.87. The van der Waals surface area contributed by atoms with Crippen molar-refractivity contribution in [3.8, 4) is 0 Å². The molecule has 2 aromatic carbocycles. The Hall–Kier alpha value is -0.960. The van der Waals surface area contributed by atoms with Crippen molar-refractivity contribution in [2.75, 3.05) is 0 Å². The lowest BCUT2D eigenvalue weighted by Gasteiger charge is -2.19. The third-order valence-electron chi connectivity index (χ3n) is 3.18. The molecule has 0 unspecified atom stereocenters. The molecule has 0 fully saturated rings. The molecule has 0 bridgehead atoms. The molecule has 0 radical (unpaired) electrons. The predicted octanol–water partition coefficient (Wildman–Crippen LogP) is 5.28. The fourth-order valence-electron chi connectivity index (χ4n) is 1.94. The fraction of sp³-hybridized carbons (Fsp3) is 0.294. The number of hydrogen-bond donors (Lipinski definition) is 1. The summed E-state index contributed by atoms with van der Waals surface area (Å²) in [6.45, 7) is 6.57. The van der Waals surface area contributed by atoms with Gasteiger partial charge in [-0.2, -0.15) is 0 Å². The second kappa shape index (κ2) is 6.21. The maximum atomic E-state index is 9.43. The largest absolute Gasteiger partial charge is 0.392 e. The summed E-state index contributed by atoms with van der Waals surface area (Å²) in [5, 5.41) is 10.0. The fourth-order valence-corrected chi connectivity index (χ4v) is 3.20. The normalized spacial score (nSPS) is 11.7. The van der Waals surface area contributed by atoms with Gasteiger partial charge in [0.25, 0.3) is 0 Å². The van der Waals surface area contributed by atoms with Gasteiger partial charge in [0.15, 0.2) is 0 Å². The van der Waals surface area contributed by atoms with Crippen molar-refractivity contribution in [2.24, 2.45) is 0 Å². The van der Waals surface area contributed by atoms with E-state index in [0.29, 0.717) is 5.02 Å². The first-order valence-electron chi connectivity index (χ1n) is 6.58. The molecule has 0 spiro atoms. The van der Waals surface area contributed by atoms with Crippen molar-refractivity contribution < 1.29 is 5.11 Å². The molecular formula is C17H19ClOS. The summed E-state index contributed by atoms with van der Waals surface area (Å²) in [4.78, 5) is 2.15. The zero-order valence-corrected chi connectivity index (χ0v) is 13.6. The molecule has 3 heteroatoms. The molecule has 0 aliphatic rings. The second-order valence-electron chi connectivity index (χ2n) is 5.75. The molecule has 0 heterocycles. The first-order valence-corrected chi connectivity index (χ1v) is 7.78. The number of rotatable bonds is 3. The minimum atomic E-state index is -0.0396. The second-order valence-corrected chi connectivity index (χ2v) is 7.27. The van der Waals surface area contributed by atoms with E-state index in [1.165, 1.54) is 5.56 Å².